The number of hydrogen-bond donors (Lipinski definition) is 0. The van der Waals surface area contributed by atoms with Gasteiger partial charge in [0.15, 0.2) is 0 Å². The fourth-order valence-corrected chi connectivity index (χ4v) is 1.35. The molecule has 2 atom stereocenters. The molecule has 0 aliphatic carbocycles. The summed E-state index contributed by atoms with van der Waals surface area (Å²) in [6.45, 7) is 10.2. The summed E-state index contributed by atoms with van der Waals surface area (Å²) in [6.07, 6.45) is 2.10. The van der Waals surface area contributed by atoms with E-state index in [1.54, 1.807) is 0 Å². The van der Waals surface area contributed by atoms with Crippen molar-refractivity contribution in [3.8, 4) is 0 Å². The van der Waals surface area contributed by atoms with E-state index in [0.29, 0.717) is 11.8 Å². The summed E-state index contributed by atoms with van der Waals surface area (Å²) in [5, 5.41) is 0.348. The van der Waals surface area contributed by atoms with Gasteiger partial charge in [0.25, 0.3) is 0 Å². The molecule has 98 valence electrons. The maximum atomic E-state index is 5.61. The zero-order chi connectivity index (χ0) is 12.6. The molecule has 0 saturated heterocycles. The molecular weight excluding hydrogens is 336 g/mol. The summed E-state index contributed by atoms with van der Waals surface area (Å²) in [5.41, 5.74) is 0. The minimum Gasteiger partial charge on any atom is -0.367 e. The van der Waals surface area contributed by atoms with Gasteiger partial charge >= 0.3 is 0 Å². The molecule has 4 heteroatoms. The first-order chi connectivity index (χ1) is 7.45. The summed E-state index contributed by atoms with van der Waals surface area (Å²) >= 11 is 6.99. The number of rotatable bonds is 9. The van der Waals surface area contributed by atoms with E-state index in [4.69, 9.17) is 9.47 Å². The topological polar surface area (TPSA) is 18.5 Å². The van der Waals surface area contributed by atoms with Gasteiger partial charge in [-0.1, -0.05) is 59.6 Å². The highest BCUT2D eigenvalue weighted by Crippen LogP contribution is 2.15. The highest BCUT2D eigenvalue weighted by molar-refractivity contribution is 9.09. The normalized spacial score (nSPS) is 15.8. The minimum atomic E-state index is 0.174. The molecule has 0 N–H and O–H groups in total. The molecule has 0 amide bonds. The van der Waals surface area contributed by atoms with Gasteiger partial charge in [-0.25, -0.2) is 0 Å². The third-order valence-corrected chi connectivity index (χ3v) is 4.78. The second-order valence-electron chi connectivity index (χ2n) is 4.64. The van der Waals surface area contributed by atoms with Crippen molar-refractivity contribution in [2.75, 3.05) is 13.2 Å². The van der Waals surface area contributed by atoms with Crippen molar-refractivity contribution >= 4 is 31.9 Å². The highest BCUT2D eigenvalue weighted by Gasteiger charge is 2.09. The van der Waals surface area contributed by atoms with Crippen LogP contribution in [0.3, 0.4) is 0 Å². The van der Waals surface area contributed by atoms with Crippen molar-refractivity contribution in [2.45, 2.75) is 50.6 Å². The molecule has 0 aromatic carbocycles. The molecule has 2 unspecified atom stereocenters. The van der Waals surface area contributed by atoms with E-state index in [0.717, 1.165) is 26.1 Å². The third-order valence-electron chi connectivity index (χ3n) is 2.14. The molecule has 0 radical (unpaired) electrons. The highest BCUT2D eigenvalue weighted by atomic mass is 79.9. The zero-order valence-corrected chi connectivity index (χ0v) is 13.9. The standard InChI is InChI=1S/C12H24Br2O2/c1-9(2)11(13)15-7-5-6-8-16-12(14)10(3)4/h9-12H,5-8H2,1-4H3. The Balaban J connectivity index is 3.28. The summed E-state index contributed by atoms with van der Waals surface area (Å²) in [4.78, 5) is 0. The number of alkyl halides is 2. The molecule has 0 saturated carbocycles. The minimum absolute atomic E-state index is 0.174. The molecule has 0 spiro atoms. The van der Waals surface area contributed by atoms with E-state index in [1.807, 2.05) is 0 Å². The van der Waals surface area contributed by atoms with Gasteiger partial charge < -0.3 is 9.47 Å². The first-order valence-electron chi connectivity index (χ1n) is 5.96. The van der Waals surface area contributed by atoms with Crippen molar-refractivity contribution in [1.29, 1.82) is 0 Å². The molecule has 16 heavy (non-hydrogen) atoms. The lowest BCUT2D eigenvalue weighted by atomic mass is 10.2. The number of unbranched alkanes of at least 4 members (excludes halogenated alkanes) is 1. The van der Waals surface area contributed by atoms with Crippen molar-refractivity contribution in [3.63, 3.8) is 0 Å². The van der Waals surface area contributed by atoms with E-state index in [-0.39, 0.29) is 10.0 Å². The predicted octanol–water partition coefficient (Wildman–Crippen LogP) is 4.55. The molecule has 0 aliphatic heterocycles. The van der Waals surface area contributed by atoms with E-state index in [9.17, 15) is 0 Å². The molecule has 0 aromatic rings. The van der Waals surface area contributed by atoms with Crippen LogP contribution in [-0.2, 0) is 9.47 Å². The van der Waals surface area contributed by atoms with Gasteiger partial charge in [-0.3, -0.25) is 0 Å². The van der Waals surface area contributed by atoms with Crippen molar-refractivity contribution in [3.05, 3.63) is 0 Å². The lowest BCUT2D eigenvalue weighted by Gasteiger charge is -2.16. The molecule has 0 rings (SSSR count). The first kappa shape index (κ1) is 16.9. The predicted molar refractivity (Wildman–Crippen MR) is 76.2 cm³/mol. The first-order valence-corrected chi connectivity index (χ1v) is 7.79. The average molecular weight is 360 g/mol. The Morgan fingerprint density at radius 3 is 1.31 bits per heavy atom. The second kappa shape index (κ2) is 9.86. The van der Waals surface area contributed by atoms with Crippen molar-refractivity contribution in [2.24, 2.45) is 11.8 Å². The van der Waals surface area contributed by atoms with Gasteiger partial charge in [0.2, 0.25) is 0 Å². The van der Waals surface area contributed by atoms with Crippen molar-refractivity contribution < 1.29 is 9.47 Å². The van der Waals surface area contributed by atoms with Gasteiger partial charge in [0, 0.05) is 13.2 Å². The SMILES string of the molecule is CC(C)C(Br)OCCCCOC(Br)C(C)C. The Morgan fingerprint density at radius 2 is 1.06 bits per heavy atom. The Bertz CT molecular complexity index is 145. The van der Waals surface area contributed by atoms with Crippen LogP contribution in [0.2, 0.25) is 0 Å². The lowest BCUT2D eigenvalue weighted by Crippen LogP contribution is -2.14. The smallest absolute Gasteiger partial charge is 0.114 e. The summed E-state index contributed by atoms with van der Waals surface area (Å²) < 4.78 is 11.2. The Labute approximate surface area is 117 Å². The van der Waals surface area contributed by atoms with Crippen LogP contribution in [0.5, 0.6) is 0 Å². The maximum Gasteiger partial charge on any atom is 0.114 e. The second-order valence-corrected chi connectivity index (χ2v) is 6.44. The molecule has 0 bridgehead atoms. The van der Waals surface area contributed by atoms with Gasteiger partial charge in [-0.2, -0.15) is 0 Å². The van der Waals surface area contributed by atoms with Crippen LogP contribution in [0.25, 0.3) is 0 Å². The molecule has 0 aromatic heterocycles. The van der Waals surface area contributed by atoms with Gasteiger partial charge in [-0.15, -0.1) is 0 Å². The van der Waals surface area contributed by atoms with Crippen LogP contribution in [0.15, 0.2) is 0 Å². The summed E-state index contributed by atoms with van der Waals surface area (Å²) in [6, 6.07) is 0. The number of halogens is 2. The van der Waals surface area contributed by atoms with Gasteiger partial charge in [0.05, 0.1) is 0 Å². The van der Waals surface area contributed by atoms with Gasteiger partial charge in [0.1, 0.15) is 10.0 Å². The monoisotopic (exact) mass is 358 g/mol. The molecule has 0 aliphatic rings. The zero-order valence-electron chi connectivity index (χ0n) is 10.7. The van der Waals surface area contributed by atoms with Crippen LogP contribution in [0.1, 0.15) is 40.5 Å². The lowest BCUT2D eigenvalue weighted by molar-refractivity contribution is 0.0623. The van der Waals surface area contributed by atoms with Gasteiger partial charge in [-0.05, 0) is 24.7 Å². The summed E-state index contributed by atoms with van der Waals surface area (Å²) in [5.74, 6) is 1.04. The molecular formula is C12H24Br2O2. The largest absolute Gasteiger partial charge is 0.367 e. The Hall–Kier alpha value is 0.880. The Kier molecular flexibility index (Phi) is 10.4. The van der Waals surface area contributed by atoms with E-state index < -0.39 is 0 Å². The van der Waals surface area contributed by atoms with Crippen LogP contribution in [0, 0.1) is 11.8 Å². The molecule has 0 fully saturated rings. The molecule has 2 nitrogen and oxygen atoms in total. The third kappa shape index (κ3) is 8.97. The van der Waals surface area contributed by atoms with Crippen LogP contribution >= 0.6 is 31.9 Å². The Morgan fingerprint density at radius 1 is 0.750 bits per heavy atom. The summed E-state index contributed by atoms with van der Waals surface area (Å²) in [7, 11) is 0. The fraction of sp³-hybridized carbons (Fsp3) is 1.00. The molecule has 0 heterocycles. The maximum absolute atomic E-state index is 5.61. The fourth-order valence-electron chi connectivity index (χ4n) is 0.981. The quantitative estimate of drug-likeness (QED) is 0.444. The van der Waals surface area contributed by atoms with E-state index >= 15 is 0 Å². The van der Waals surface area contributed by atoms with E-state index in [1.165, 1.54) is 0 Å². The van der Waals surface area contributed by atoms with Crippen LogP contribution in [-0.4, -0.2) is 23.2 Å². The average Bonchev–Trinajstić information content (AvgIpc) is 2.21. The van der Waals surface area contributed by atoms with Crippen LogP contribution < -0.4 is 0 Å². The van der Waals surface area contributed by atoms with Crippen LogP contribution in [0.4, 0.5) is 0 Å². The number of hydrogen-bond acceptors (Lipinski definition) is 2. The van der Waals surface area contributed by atoms with E-state index in [2.05, 4.69) is 59.6 Å². The van der Waals surface area contributed by atoms with Crippen molar-refractivity contribution in [1.82, 2.24) is 0 Å². The number of ether oxygens (including phenoxy) is 2.